The van der Waals surface area contributed by atoms with E-state index < -0.39 is 5.97 Å². The number of likely N-dealkylation sites (tertiary alicyclic amines) is 1. The van der Waals surface area contributed by atoms with Crippen LogP contribution in [0.4, 0.5) is 0 Å². The zero-order valence-corrected chi connectivity index (χ0v) is 11.3. The lowest BCUT2D eigenvalue weighted by Gasteiger charge is -2.46. The Hall–Kier alpha value is -0.260. The van der Waals surface area contributed by atoms with Crippen molar-refractivity contribution in [2.75, 3.05) is 25.4 Å². The number of rotatable bonds is 3. The highest BCUT2D eigenvalue weighted by atomic mass is 32.2. The lowest BCUT2D eigenvalue weighted by atomic mass is 10.0. The summed E-state index contributed by atoms with van der Waals surface area (Å²) in [4.78, 5) is 13.6. The molecule has 0 aromatic carbocycles. The number of carboxylic acid groups (broad SMARTS) is 1. The highest BCUT2D eigenvalue weighted by Gasteiger charge is 2.40. The van der Waals surface area contributed by atoms with Gasteiger partial charge in [-0.2, -0.15) is 0 Å². The maximum absolute atomic E-state index is 11.1. The predicted molar refractivity (Wildman–Crippen MR) is 70.3 cm³/mol. The van der Waals surface area contributed by atoms with Crippen molar-refractivity contribution in [1.82, 2.24) is 10.2 Å². The molecule has 1 atom stereocenters. The van der Waals surface area contributed by atoms with Gasteiger partial charge in [-0.15, -0.1) is 11.8 Å². The van der Waals surface area contributed by atoms with Gasteiger partial charge in [0, 0.05) is 13.1 Å². The highest BCUT2D eigenvalue weighted by Crippen LogP contribution is 2.37. The SMILES string of the molecule is CCCN1CCC2(CC1)NC(C(=O)O)CCS2. The van der Waals surface area contributed by atoms with Crippen LogP contribution in [0, 0.1) is 0 Å². The fourth-order valence-electron chi connectivity index (χ4n) is 2.73. The first-order valence-electron chi connectivity index (χ1n) is 6.52. The standard InChI is InChI=1S/C12H22N2O2S/c1-2-6-14-7-4-12(5-8-14)13-10(11(15)16)3-9-17-12/h10,13H,2-9H2,1H3,(H,15,16). The molecule has 1 unspecified atom stereocenters. The van der Waals surface area contributed by atoms with Crippen molar-refractivity contribution in [3.63, 3.8) is 0 Å². The zero-order valence-electron chi connectivity index (χ0n) is 10.4. The molecular formula is C12H22N2O2S. The fourth-order valence-corrected chi connectivity index (χ4v) is 4.17. The van der Waals surface area contributed by atoms with Crippen LogP contribution in [0.15, 0.2) is 0 Å². The van der Waals surface area contributed by atoms with E-state index in [0.717, 1.165) is 38.1 Å². The molecule has 2 rings (SSSR count). The molecule has 2 aliphatic heterocycles. The lowest BCUT2D eigenvalue weighted by molar-refractivity contribution is -0.140. The van der Waals surface area contributed by atoms with E-state index in [-0.39, 0.29) is 10.9 Å². The van der Waals surface area contributed by atoms with Crippen LogP contribution in [0.2, 0.25) is 0 Å². The molecule has 0 aromatic heterocycles. The van der Waals surface area contributed by atoms with E-state index in [1.165, 1.54) is 13.0 Å². The molecule has 98 valence electrons. The molecule has 0 aromatic rings. The molecular weight excluding hydrogens is 236 g/mol. The minimum Gasteiger partial charge on any atom is -0.480 e. The Labute approximate surface area is 107 Å². The third kappa shape index (κ3) is 3.14. The van der Waals surface area contributed by atoms with Gasteiger partial charge in [-0.25, -0.2) is 0 Å². The number of carbonyl (C=O) groups is 1. The summed E-state index contributed by atoms with van der Waals surface area (Å²) in [5, 5.41) is 12.5. The first kappa shape index (κ1) is 13.2. The zero-order chi connectivity index (χ0) is 12.3. The quantitative estimate of drug-likeness (QED) is 0.801. The maximum Gasteiger partial charge on any atom is 0.320 e. The van der Waals surface area contributed by atoms with E-state index in [9.17, 15) is 4.79 Å². The fraction of sp³-hybridized carbons (Fsp3) is 0.917. The topological polar surface area (TPSA) is 52.6 Å². The van der Waals surface area contributed by atoms with Gasteiger partial charge in [-0.3, -0.25) is 10.1 Å². The van der Waals surface area contributed by atoms with Crippen molar-refractivity contribution in [2.45, 2.75) is 43.5 Å². The number of piperidine rings is 1. The van der Waals surface area contributed by atoms with Gasteiger partial charge in [0.25, 0.3) is 0 Å². The summed E-state index contributed by atoms with van der Waals surface area (Å²) in [6.07, 6.45) is 4.09. The van der Waals surface area contributed by atoms with E-state index >= 15 is 0 Å². The monoisotopic (exact) mass is 258 g/mol. The van der Waals surface area contributed by atoms with Crippen LogP contribution in [-0.2, 0) is 4.79 Å². The summed E-state index contributed by atoms with van der Waals surface area (Å²) in [6, 6.07) is -0.339. The molecule has 0 aliphatic carbocycles. The Morgan fingerprint density at radius 1 is 1.53 bits per heavy atom. The van der Waals surface area contributed by atoms with Crippen molar-refractivity contribution in [3.05, 3.63) is 0 Å². The van der Waals surface area contributed by atoms with Crippen LogP contribution >= 0.6 is 11.8 Å². The summed E-state index contributed by atoms with van der Waals surface area (Å²) >= 11 is 1.93. The second-order valence-electron chi connectivity index (χ2n) is 5.01. The number of hydrogen-bond acceptors (Lipinski definition) is 4. The van der Waals surface area contributed by atoms with Crippen LogP contribution in [0.3, 0.4) is 0 Å². The van der Waals surface area contributed by atoms with Crippen molar-refractivity contribution in [3.8, 4) is 0 Å². The smallest absolute Gasteiger partial charge is 0.320 e. The summed E-state index contributed by atoms with van der Waals surface area (Å²) in [6.45, 7) is 5.57. The van der Waals surface area contributed by atoms with Crippen molar-refractivity contribution >= 4 is 17.7 Å². The minimum absolute atomic E-state index is 0.0333. The number of carboxylic acids is 1. The van der Waals surface area contributed by atoms with Crippen LogP contribution in [0.25, 0.3) is 0 Å². The molecule has 1 spiro atoms. The number of hydrogen-bond donors (Lipinski definition) is 2. The van der Waals surface area contributed by atoms with E-state index in [1.807, 2.05) is 11.8 Å². The largest absolute Gasteiger partial charge is 0.480 e. The van der Waals surface area contributed by atoms with Gasteiger partial charge in [0.15, 0.2) is 0 Å². The van der Waals surface area contributed by atoms with E-state index in [0.29, 0.717) is 0 Å². The van der Waals surface area contributed by atoms with Gasteiger partial charge in [0.2, 0.25) is 0 Å². The van der Waals surface area contributed by atoms with Gasteiger partial charge in [0.1, 0.15) is 6.04 Å². The van der Waals surface area contributed by atoms with Crippen LogP contribution < -0.4 is 5.32 Å². The summed E-state index contributed by atoms with van der Waals surface area (Å²) in [7, 11) is 0. The number of nitrogens with one attached hydrogen (secondary N) is 1. The number of thioether (sulfide) groups is 1. The maximum atomic E-state index is 11.1. The molecule has 2 fully saturated rings. The molecule has 2 N–H and O–H groups in total. The first-order valence-corrected chi connectivity index (χ1v) is 7.50. The average molecular weight is 258 g/mol. The van der Waals surface area contributed by atoms with Crippen LogP contribution in [-0.4, -0.2) is 52.3 Å². The summed E-state index contributed by atoms with van der Waals surface area (Å²) < 4.78 is 0. The normalized spacial score (nSPS) is 29.4. The Balaban J connectivity index is 1.90. The van der Waals surface area contributed by atoms with Gasteiger partial charge >= 0.3 is 5.97 Å². The molecule has 2 aliphatic rings. The van der Waals surface area contributed by atoms with Crippen molar-refractivity contribution in [2.24, 2.45) is 0 Å². The van der Waals surface area contributed by atoms with Crippen LogP contribution in [0.5, 0.6) is 0 Å². The van der Waals surface area contributed by atoms with Gasteiger partial charge < -0.3 is 10.0 Å². The van der Waals surface area contributed by atoms with Crippen molar-refractivity contribution < 1.29 is 9.90 Å². The Kier molecular flexibility index (Phi) is 4.33. The summed E-state index contributed by atoms with van der Waals surface area (Å²) in [5.41, 5.74) is 0. The lowest BCUT2D eigenvalue weighted by Crippen LogP contribution is -2.59. The molecule has 2 saturated heterocycles. The number of nitrogens with zero attached hydrogens (tertiary/aromatic N) is 1. The predicted octanol–water partition coefficient (Wildman–Crippen LogP) is 1.37. The molecule has 17 heavy (non-hydrogen) atoms. The van der Waals surface area contributed by atoms with E-state index in [2.05, 4.69) is 17.1 Å². The molecule has 0 radical (unpaired) electrons. The molecule has 0 bridgehead atoms. The first-order chi connectivity index (χ1) is 8.15. The third-order valence-electron chi connectivity index (χ3n) is 3.72. The molecule has 2 heterocycles. The van der Waals surface area contributed by atoms with E-state index in [4.69, 9.17) is 5.11 Å². The number of aliphatic carboxylic acids is 1. The minimum atomic E-state index is -0.694. The highest BCUT2D eigenvalue weighted by molar-refractivity contribution is 8.00. The second-order valence-corrected chi connectivity index (χ2v) is 6.49. The third-order valence-corrected chi connectivity index (χ3v) is 5.24. The molecule has 0 amide bonds. The van der Waals surface area contributed by atoms with Gasteiger partial charge in [-0.1, -0.05) is 6.92 Å². The van der Waals surface area contributed by atoms with E-state index in [1.54, 1.807) is 0 Å². The molecule has 5 heteroatoms. The Morgan fingerprint density at radius 3 is 2.82 bits per heavy atom. The molecule has 4 nitrogen and oxygen atoms in total. The molecule has 0 saturated carbocycles. The summed E-state index contributed by atoms with van der Waals surface area (Å²) in [5.74, 6) is 0.276. The average Bonchev–Trinajstić information content (AvgIpc) is 2.33. The van der Waals surface area contributed by atoms with Crippen molar-refractivity contribution in [1.29, 1.82) is 0 Å². The Morgan fingerprint density at radius 2 is 2.24 bits per heavy atom. The Bertz CT molecular complexity index is 278. The second kappa shape index (κ2) is 5.59. The van der Waals surface area contributed by atoms with Crippen LogP contribution in [0.1, 0.15) is 32.6 Å². The van der Waals surface area contributed by atoms with Gasteiger partial charge in [-0.05, 0) is 38.0 Å². The van der Waals surface area contributed by atoms with Gasteiger partial charge in [0.05, 0.1) is 4.87 Å².